The van der Waals surface area contributed by atoms with Crippen LogP contribution in [0.15, 0.2) is 30.5 Å². The second kappa shape index (κ2) is 18.8. The molecule has 0 saturated carbocycles. The van der Waals surface area contributed by atoms with Crippen molar-refractivity contribution in [3.8, 4) is 34.5 Å². The van der Waals surface area contributed by atoms with Gasteiger partial charge in [-0.15, -0.1) is 5.54 Å². The lowest BCUT2D eigenvalue weighted by atomic mass is 9.86. The van der Waals surface area contributed by atoms with Gasteiger partial charge in [0, 0.05) is 56.9 Å². The molecule has 12 nitrogen and oxygen atoms in total. The highest BCUT2D eigenvalue weighted by molar-refractivity contribution is 6.90. The summed E-state index contributed by atoms with van der Waals surface area (Å²) in [6, 6.07) is 6.16. The molecule has 0 N–H and O–H groups in total. The average molecular weight is 971 g/mol. The summed E-state index contributed by atoms with van der Waals surface area (Å²) in [5.41, 5.74) is 2.89. The number of anilines is 1. The van der Waals surface area contributed by atoms with E-state index in [0.717, 1.165) is 32.2 Å². The van der Waals surface area contributed by atoms with Crippen molar-refractivity contribution in [2.24, 2.45) is 0 Å². The zero-order valence-electron chi connectivity index (χ0n) is 42.0. The Morgan fingerprint density at radius 3 is 2.46 bits per heavy atom. The van der Waals surface area contributed by atoms with Gasteiger partial charge >= 0.3 is 12.1 Å². The lowest BCUT2D eigenvalue weighted by molar-refractivity contribution is -0.0556. The van der Waals surface area contributed by atoms with Crippen LogP contribution in [0.3, 0.4) is 0 Å². The van der Waals surface area contributed by atoms with E-state index in [0.29, 0.717) is 89.9 Å². The van der Waals surface area contributed by atoms with Crippen molar-refractivity contribution in [1.29, 1.82) is 0 Å². The molecule has 9 rings (SSSR count). The van der Waals surface area contributed by atoms with Gasteiger partial charge in [-0.2, -0.15) is 9.97 Å². The van der Waals surface area contributed by atoms with Crippen molar-refractivity contribution in [1.82, 2.24) is 24.8 Å². The van der Waals surface area contributed by atoms with Crippen LogP contribution in [0.1, 0.15) is 113 Å². The number of pyridine rings is 1. The Labute approximate surface area is 406 Å². The van der Waals surface area contributed by atoms with Crippen LogP contribution >= 0.6 is 0 Å². The summed E-state index contributed by atoms with van der Waals surface area (Å²) < 4.78 is 79.9. The number of alkyl halides is 1. The van der Waals surface area contributed by atoms with Gasteiger partial charge in [0.1, 0.15) is 55.0 Å². The number of halogens is 3. The van der Waals surface area contributed by atoms with Crippen LogP contribution < -0.4 is 14.4 Å². The van der Waals surface area contributed by atoms with Crippen LogP contribution in [0.5, 0.6) is 11.8 Å². The Kier molecular flexibility index (Phi) is 13.4. The third-order valence-corrected chi connectivity index (χ3v) is 22.1. The number of nitrogens with zero attached hydrogens (tertiary/aromatic N) is 6. The molecule has 16 heteroatoms. The van der Waals surface area contributed by atoms with E-state index in [9.17, 15) is 4.79 Å². The maximum absolute atomic E-state index is 18.2. The van der Waals surface area contributed by atoms with E-state index in [1.54, 1.807) is 24.4 Å². The van der Waals surface area contributed by atoms with Gasteiger partial charge in [0.15, 0.2) is 12.6 Å². The Morgan fingerprint density at radius 1 is 1.00 bits per heavy atom. The topological polar surface area (TPSA) is 112 Å². The van der Waals surface area contributed by atoms with Gasteiger partial charge in [0.25, 0.3) is 0 Å². The third-order valence-electron chi connectivity index (χ3n) is 15.9. The van der Waals surface area contributed by atoms with Crippen LogP contribution in [0.2, 0.25) is 16.6 Å². The van der Waals surface area contributed by atoms with Crippen LogP contribution in [-0.4, -0.2) is 127 Å². The minimum atomic E-state index is -2.35. The summed E-state index contributed by atoms with van der Waals surface area (Å²) in [4.78, 5) is 35.0. The standard InChI is InChI=1S/C53H69F3N6O6Si/c1-32(2)69(33(3)4,34(5)6)22-17-39-42(55)15-14-35-23-38(67-31-64-10)24-40(44(35)39)46-45(56)47-41(26-57-46)48(59-49(58-47)66-30-52-18-12-20-61(52)27-36(54)25-52)60-28-37-16-19-53(29-60,43-13-11-21-65-43)62(37)50(63)68-51(7,8)9/h14-15,23-24,26,32-34,36-37,43H,11-13,16,18-21,25,27-31H2,1-10H3/t36-,37?,43?,52+,53?/m1/s1. The average Bonchev–Trinajstić information content (AvgIpc) is 4.08. The number of methoxy groups -OCH3 is 1. The number of hydrogen-bond acceptors (Lipinski definition) is 11. The molecule has 0 spiro atoms. The number of amides is 1. The first-order valence-electron chi connectivity index (χ1n) is 25.0. The summed E-state index contributed by atoms with van der Waals surface area (Å²) in [7, 11) is -0.836. The normalized spacial score (nSPS) is 25.1. The van der Waals surface area contributed by atoms with E-state index >= 15 is 13.2 Å². The zero-order valence-corrected chi connectivity index (χ0v) is 43.0. The highest BCUT2D eigenvalue weighted by Crippen LogP contribution is 2.49. The summed E-state index contributed by atoms with van der Waals surface area (Å²) in [5.74, 6) is 2.84. The smallest absolute Gasteiger partial charge is 0.411 e. The molecule has 5 fully saturated rings. The van der Waals surface area contributed by atoms with Crippen molar-refractivity contribution in [3.05, 3.63) is 47.7 Å². The summed E-state index contributed by atoms with van der Waals surface area (Å²) in [6.45, 7) is 21.3. The summed E-state index contributed by atoms with van der Waals surface area (Å²) in [6.07, 6.45) is 5.02. The molecule has 2 aromatic heterocycles. The number of piperazine rings is 1. The number of carbonyl (C=O) groups excluding carboxylic acids is 1. The highest BCUT2D eigenvalue weighted by atomic mass is 28.3. The fourth-order valence-electron chi connectivity index (χ4n) is 12.9. The van der Waals surface area contributed by atoms with Gasteiger partial charge in [-0.05, 0) is 106 Å². The Balaban J connectivity index is 1.22. The first-order chi connectivity index (χ1) is 32.8. The molecule has 0 radical (unpaired) electrons. The van der Waals surface area contributed by atoms with Gasteiger partial charge in [0.2, 0.25) is 0 Å². The number of fused-ring (bicyclic) bond motifs is 5. The van der Waals surface area contributed by atoms with Crippen LogP contribution in [0.25, 0.3) is 32.9 Å². The quantitative estimate of drug-likeness (QED) is 0.0768. The van der Waals surface area contributed by atoms with Gasteiger partial charge in [-0.1, -0.05) is 53.5 Å². The molecule has 5 atom stereocenters. The molecule has 69 heavy (non-hydrogen) atoms. The zero-order chi connectivity index (χ0) is 49.2. The van der Waals surface area contributed by atoms with Gasteiger partial charge in [-0.3, -0.25) is 14.8 Å². The SMILES string of the molecule is COCOc1cc(-c2ncc3c(N4CC5CCC(C6CCCO6)(C4)N5C(=O)OC(C)(C)C)nc(OC[C@@]45CCCN4C[C@H](F)C5)nc3c2F)c2c(C#C[Si](C(C)C)(C(C)C)C(C)C)c(F)ccc2c1. The molecule has 2 aromatic carbocycles. The summed E-state index contributed by atoms with van der Waals surface area (Å²) >= 11 is 0. The lowest BCUT2D eigenvalue weighted by Gasteiger charge is -2.51. The van der Waals surface area contributed by atoms with Crippen molar-refractivity contribution in [2.45, 2.75) is 159 Å². The number of hydrogen-bond donors (Lipinski definition) is 0. The number of rotatable bonds is 12. The molecule has 2 bridgehead atoms. The first kappa shape index (κ1) is 49.3. The molecule has 5 aliphatic rings. The van der Waals surface area contributed by atoms with Crippen molar-refractivity contribution in [2.75, 3.05) is 58.2 Å². The Bertz CT molecular complexity index is 2640. The van der Waals surface area contributed by atoms with Crippen LogP contribution in [0.4, 0.5) is 23.8 Å². The van der Waals surface area contributed by atoms with Gasteiger partial charge in [0.05, 0.1) is 34.2 Å². The van der Waals surface area contributed by atoms with Gasteiger partial charge in [-0.25, -0.2) is 18.0 Å². The molecular formula is C53H69F3N6O6Si. The minimum Gasteiger partial charge on any atom is -0.468 e. The van der Waals surface area contributed by atoms with Crippen LogP contribution in [0, 0.1) is 23.1 Å². The van der Waals surface area contributed by atoms with E-state index in [1.807, 2.05) is 25.7 Å². The number of aromatic nitrogens is 3. The van der Waals surface area contributed by atoms with Crippen molar-refractivity contribution in [3.63, 3.8) is 0 Å². The Hall–Kier alpha value is -4.69. The Morgan fingerprint density at radius 2 is 1.77 bits per heavy atom. The third kappa shape index (κ3) is 8.81. The molecule has 7 heterocycles. The fourth-order valence-corrected chi connectivity index (χ4v) is 18.1. The highest BCUT2D eigenvalue weighted by Gasteiger charge is 2.60. The minimum absolute atomic E-state index is 0.0464. The predicted molar refractivity (Wildman–Crippen MR) is 264 cm³/mol. The van der Waals surface area contributed by atoms with Gasteiger partial charge < -0.3 is 28.6 Å². The molecule has 4 aromatic rings. The van der Waals surface area contributed by atoms with E-state index in [2.05, 4.69) is 62.8 Å². The fraction of sp³-hybridized carbons (Fsp3) is 0.623. The molecule has 5 aliphatic heterocycles. The van der Waals surface area contributed by atoms with E-state index in [1.165, 1.54) is 13.2 Å². The predicted octanol–water partition coefficient (Wildman–Crippen LogP) is 10.8. The number of ether oxygens (including phenoxy) is 5. The maximum atomic E-state index is 18.2. The van der Waals surface area contributed by atoms with Crippen molar-refractivity contribution < 1.29 is 41.7 Å². The van der Waals surface area contributed by atoms with Crippen molar-refractivity contribution >= 4 is 41.7 Å². The molecule has 0 aliphatic carbocycles. The van der Waals surface area contributed by atoms with Crippen LogP contribution in [-0.2, 0) is 14.2 Å². The second-order valence-corrected chi connectivity index (χ2v) is 27.7. The lowest BCUT2D eigenvalue weighted by Crippen LogP contribution is -2.68. The number of benzene rings is 2. The number of carbonyl (C=O) groups is 1. The van der Waals surface area contributed by atoms with E-state index in [-0.39, 0.29) is 60.0 Å². The first-order valence-corrected chi connectivity index (χ1v) is 27.2. The molecule has 372 valence electrons. The molecule has 3 unspecified atom stereocenters. The summed E-state index contributed by atoms with van der Waals surface area (Å²) in [5, 5.41) is 1.33. The molecule has 5 saturated heterocycles. The maximum Gasteiger partial charge on any atom is 0.411 e. The molecular weight excluding hydrogens is 902 g/mol. The largest absolute Gasteiger partial charge is 0.468 e. The monoisotopic (exact) mass is 970 g/mol. The second-order valence-electron chi connectivity index (χ2n) is 22.1. The van der Waals surface area contributed by atoms with E-state index in [4.69, 9.17) is 38.6 Å². The molecule has 1 amide bonds. The van der Waals surface area contributed by atoms with E-state index < -0.39 is 42.6 Å².